The minimum absolute atomic E-state index is 0.0369. The van der Waals surface area contributed by atoms with Crippen molar-refractivity contribution in [1.29, 1.82) is 0 Å². The number of hydrogen-bond donors (Lipinski definition) is 1. The standard InChI is InChI=1S/C32H37NO7/c1-18-27(32(35)40-20-10-6-7-11-20)28(22-14-15-26(37-3)31(39-5)30(22)38-4)29-23(33-18)16-19(17-24(29)34)21-12-8-9-13-25(21)36-2/h8-9,12-15,19-20,28,33H,6-7,10-11,16-17H2,1-5H3/t19-,28+/m1/s1. The Morgan fingerprint density at radius 2 is 1.52 bits per heavy atom. The van der Waals surface area contributed by atoms with Gasteiger partial charge in [0.05, 0.1) is 39.9 Å². The highest BCUT2D eigenvalue weighted by atomic mass is 16.5. The van der Waals surface area contributed by atoms with Crippen molar-refractivity contribution in [3.8, 4) is 23.0 Å². The van der Waals surface area contributed by atoms with Gasteiger partial charge in [0.2, 0.25) is 5.75 Å². The number of allylic oxidation sites excluding steroid dienone is 3. The van der Waals surface area contributed by atoms with Crippen LogP contribution in [0.1, 0.15) is 68.4 Å². The lowest BCUT2D eigenvalue weighted by molar-refractivity contribution is -0.144. The van der Waals surface area contributed by atoms with Crippen molar-refractivity contribution in [1.82, 2.24) is 5.32 Å². The number of ketones is 1. The SMILES string of the molecule is COc1ccccc1[C@H]1CC(=O)C2=C(C1)NC(C)=C(C(=O)OC1CCCC1)[C@@H]2c1ccc(OC)c(OC)c1OC. The molecule has 0 spiro atoms. The molecule has 212 valence electrons. The Labute approximate surface area is 235 Å². The zero-order valence-electron chi connectivity index (χ0n) is 23.8. The fraction of sp³-hybridized carbons (Fsp3) is 0.438. The number of esters is 1. The van der Waals surface area contributed by atoms with Crippen molar-refractivity contribution in [3.05, 3.63) is 70.1 Å². The molecule has 3 aliphatic rings. The van der Waals surface area contributed by atoms with Crippen molar-refractivity contribution in [2.24, 2.45) is 0 Å². The zero-order valence-corrected chi connectivity index (χ0v) is 23.8. The highest BCUT2D eigenvalue weighted by Gasteiger charge is 2.44. The van der Waals surface area contributed by atoms with Crippen LogP contribution >= 0.6 is 0 Å². The number of para-hydroxylation sites is 1. The van der Waals surface area contributed by atoms with E-state index in [1.54, 1.807) is 27.4 Å². The van der Waals surface area contributed by atoms with Gasteiger partial charge >= 0.3 is 5.97 Å². The molecule has 1 N–H and O–H groups in total. The van der Waals surface area contributed by atoms with Gasteiger partial charge in [0.15, 0.2) is 17.3 Å². The lowest BCUT2D eigenvalue weighted by Crippen LogP contribution is -2.36. The number of benzene rings is 2. The van der Waals surface area contributed by atoms with E-state index in [2.05, 4.69) is 5.32 Å². The maximum absolute atomic E-state index is 14.1. The van der Waals surface area contributed by atoms with Gasteiger partial charge in [-0.1, -0.05) is 24.3 Å². The predicted molar refractivity (Wildman–Crippen MR) is 150 cm³/mol. The molecule has 0 bridgehead atoms. The third kappa shape index (κ3) is 4.91. The van der Waals surface area contributed by atoms with Gasteiger partial charge < -0.3 is 29.0 Å². The first-order chi connectivity index (χ1) is 19.4. The maximum Gasteiger partial charge on any atom is 0.337 e. The van der Waals surface area contributed by atoms with Crippen LogP contribution in [-0.4, -0.2) is 46.3 Å². The number of nitrogens with one attached hydrogen (secondary N) is 1. The number of carbonyl (C=O) groups is 2. The molecule has 1 saturated carbocycles. The first kappa shape index (κ1) is 27.6. The average molecular weight is 548 g/mol. The number of ether oxygens (including phenoxy) is 5. The number of Topliss-reactive ketones (excluding diaryl/α,β-unsaturated/α-hetero) is 1. The Balaban J connectivity index is 1.64. The summed E-state index contributed by atoms with van der Waals surface area (Å²) in [6.45, 7) is 1.87. The molecule has 0 radical (unpaired) electrons. The number of carbonyl (C=O) groups excluding carboxylic acids is 2. The van der Waals surface area contributed by atoms with Crippen molar-refractivity contribution in [2.75, 3.05) is 28.4 Å². The summed E-state index contributed by atoms with van der Waals surface area (Å²) >= 11 is 0. The fourth-order valence-corrected chi connectivity index (χ4v) is 6.42. The van der Waals surface area contributed by atoms with Gasteiger partial charge in [-0.25, -0.2) is 4.79 Å². The predicted octanol–water partition coefficient (Wildman–Crippen LogP) is 5.57. The fourth-order valence-electron chi connectivity index (χ4n) is 6.42. The van der Waals surface area contributed by atoms with Gasteiger partial charge in [-0.2, -0.15) is 0 Å². The van der Waals surface area contributed by atoms with E-state index in [0.29, 0.717) is 46.1 Å². The Hall–Kier alpha value is -3.94. The summed E-state index contributed by atoms with van der Waals surface area (Å²) in [6.07, 6.45) is 4.55. The molecule has 0 aromatic heterocycles. The molecular weight excluding hydrogens is 510 g/mol. The normalized spacial score (nSPS) is 21.1. The van der Waals surface area contributed by atoms with Crippen molar-refractivity contribution < 1.29 is 33.3 Å². The number of rotatable bonds is 8. The van der Waals surface area contributed by atoms with Crippen molar-refractivity contribution in [2.45, 2.75) is 63.4 Å². The lowest BCUT2D eigenvalue weighted by atomic mass is 9.71. The first-order valence-electron chi connectivity index (χ1n) is 13.8. The Morgan fingerprint density at radius 1 is 0.825 bits per heavy atom. The number of dihydropyridines is 1. The average Bonchev–Trinajstić information content (AvgIpc) is 3.48. The van der Waals surface area contributed by atoms with E-state index in [-0.39, 0.29) is 24.2 Å². The Morgan fingerprint density at radius 3 is 2.20 bits per heavy atom. The van der Waals surface area contributed by atoms with Crippen LogP contribution in [0.2, 0.25) is 0 Å². The molecule has 8 heteroatoms. The largest absolute Gasteiger partial charge is 0.496 e. The topological polar surface area (TPSA) is 92.3 Å². The van der Waals surface area contributed by atoms with Gasteiger partial charge in [-0.3, -0.25) is 4.79 Å². The molecule has 0 amide bonds. The third-order valence-corrected chi connectivity index (χ3v) is 8.25. The quantitative estimate of drug-likeness (QED) is 0.429. The highest BCUT2D eigenvalue weighted by Crippen LogP contribution is 2.52. The second-order valence-electron chi connectivity index (χ2n) is 10.5. The number of methoxy groups -OCH3 is 4. The molecule has 0 unspecified atom stereocenters. The lowest BCUT2D eigenvalue weighted by Gasteiger charge is -2.37. The second-order valence-corrected chi connectivity index (χ2v) is 10.5. The number of hydrogen-bond acceptors (Lipinski definition) is 8. The van der Waals surface area contributed by atoms with Gasteiger partial charge in [0.1, 0.15) is 11.9 Å². The summed E-state index contributed by atoms with van der Waals surface area (Å²) in [5, 5.41) is 3.43. The van der Waals surface area contributed by atoms with E-state index >= 15 is 0 Å². The summed E-state index contributed by atoms with van der Waals surface area (Å²) in [4.78, 5) is 27.9. The summed E-state index contributed by atoms with van der Waals surface area (Å²) in [5.41, 5.74) is 4.07. The van der Waals surface area contributed by atoms with E-state index < -0.39 is 11.9 Å². The molecule has 1 fully saturated rings. The molecule has 2 aromatic rings. The van der Waals surface area contributed by atoms with E-state index in [9.17, 15) is 9.59 Å². The van der Waals surface area contributed by atoms with Crippen LogP contribution in [0, 0.1) is 0 Å². The molecule has 1 aliphatic heterocycles. The summed E-state index contributed by atoms with van der Waals surface area (Å²) in [6, 6.07) is 11.4. The maximum atomic E-state index is 14.1. The zero-order chi connectivity index (χ0) is 28.4. The third-order valence-electron chi connectivity index (χ3n) is 8.25. The van der Waals surface area contributed by atoms with Gasteiger partial charge in [0.25, 0.3) is 0 Å². The van der Waals surface area contributed by atoms with Crippen LogP contribution in [0.3, 0.4) is 0 Å². The van der Waals surface area contributed by atoms with E-state index in [4.69, 9.17) is 23.7 Å². The molecular formula is C32H37NO7. The van der Waals surface area contributed by atoms with Gasteiger partial charge in [-0.05, 0) is 56.7 Å². The van der Waals surface area contributed by atoms with Crippen LogP contribution < -0.4 is 24.3 Å². The summed E-state index contributed by atoms with van der Waals surface area (Å²) in [5.74, 6) is 0.863. The molecule has 8 nitrogen and oxygen atoms in total. The monoisotopic (exact) mass is 547 g/mol. The second kappa shape index (κ2) is 11.7. The van der Waals surface area contributed by atoms with E-state index in [1.165, 1.54) is 7.11 Å². The van der Waals surface area contributed by atoms with Gasteiger partial charge in [0, 0.05) is 34.9 Å². The molecule has 1 heterocycles. The molecule has 0 saturated heterocycles. The molecule has 5 rings (SSSR count). The van der Waals surface area contributed by atoms with Gasteiger partial charge in [-0.15, -0.1) is 0 Å². The van der Waals surface area contributed by atoms with Crippen LogP contribution in [0.25, 0.3) is 0 Å². The summed E-state index contributed by atoms with van der Waals surface area (Å²) in [7, 11) is 6.28. The van der Waals surface area contributed by atoms with E-state index in [1.807, 2.05) is 37.3 Å². The van der Waals surface area contributed by atoms with Crippen LogP contribution in [0.15, 0.2) is 58.9 Å². The Bertz CT molecular complexity index is 1370. The van der Waals surface area contributed by atoms with Crippen LogP contribution in [0.5, 0.6) is 23.0 Å². The van der Waals surface area contributed by atoms with Crippen LogP contribution in [-0.2, 0) is 14.3 Å². The minimum atomic E-state index is -0.689. The molecule has 2 atom stereocenters. The molecule has 40 heavy (non-hydrogen) atoms. The van der Waals surface area contributed by atoms with Crippen molar-refractivity contribution in [3.63, 3.8) is 0 Å². The molecule has 2 aliphatic carbocycles. The smallest absolute Gasteiger partial charge is 0.337 e. The Kier molecular flexibility index (Phi) is 8.05. The van der Waals surface area contributed by atoms with E-state index in [0.717, 1.165) is 42.7 Å². The summed E-state index contributed by atoms with van der Waals surface area (Å²) < 4.78 is 28.6. The molecule has 2 aromatic carbocycles. The minimum Gasteiger partial charge on any atom is -0.496 e. The highest BCUT2D eigenvalue weighted by molar-refractivity contribution is 6.04. The first-order valence-corrected chi connectivity index (χ1v) is 13.8. The van der Waals surface area contributed by atoms with Crippen molar-refractivity contribution >= 4 is 11.8 Å². The van der Waals surface area contributed by atoms with Crippen LogP contribution in [0.4, 0.5) is 0 Å².